The van der Waals surface area contributed by atoms with E-state index in [1.807, 2.05) is 0 Å². The van der Waals surface area contributed by atoms with Gasteiger partial charge in [-0.2, -0.15) is 12.6 Å². The Labute approximate surface area is 369 Å². The number of nitrogens with two attached hydrogens (primary N) is 4. The molecule has 13 N–H and O–H groups in total. The Kier molecular flexibility index (Phi) is 18.7. The molecule has 25 heteroatoms. The van der Waals surface area contributed by atoms with E-state index in [0.29, 0.717) is 51.5 Å². The van der Waals surface area contributed by atoms with Crippen molar-refractivity contribution in [3.63, 3.8) is 0 Å². The zero-order chi connectivity index (χ0) is 46.4. The lowest BCUT2D eigenvalue weighted by molar-refractivity contribution is -0.151. The summed E-state index contributed by atoms with van der Waals surface area (Å²) in [7, 11) is 0. The van der Waals surface area contributed by atoms with Crippen LogP contribution >= 0.6 is 12.6 Å². The van der Waals surface area contributed by atoms with Gasteiger partial charge < -0.3 is 68.9 Å². The zero-order valence-corrected chi connectivity index (χ0v) is 36.1. The molecular weight excluding hydrogens is 847 g/mol. The zero-order valence-electron chi connectivity index (χ0n) is 35.2. The van der Waals surface area contributed by atoms with Gasteiger partial charge in [-0.3, -0.25) is 48.1 Å². The number of guanidine groups is 1. The fourth-order valence-electron chi connectivity index (χ4n) is 8.49. The maximum atomic E-state index is 14.3. The maximum absolute atomic E-state index is 14.3. The molecule has 350 valence electrons. The van der Waals surface area contributed by atoms with E-state index in [-0.39, 0.29) is 76.5 Å². The number of primary amides is 1. The Hall–Kier alpha value is -5.72. The average molecular weight is 908 g/mol. The lowest BCUT2D eigenvalue weighted by Crippen LogP contribution is -2.58. The molecule has 63 heavy (non-hydrogen) atoms. The molecule has 0 aromatic rings. The Morgan fingerprint density at radius 3 is 1.71 bits per heavy atom. The number of amides is 9. The molecule has 4 saturated heterocycles. The third kappa shape index (κ3) is 13.4. The first-order valence-corrected chi connectivity index (χ1v) is 21.9. The van der Waals surface area contributed by atoms with E-state index in [2.05, 4.69) is 38.9 Å². The van der Waals surface area contributed by atoms with Gasteiger partial charge in [-0.1, -0.05) is 0 Å². The third-order valence-corrected chi connectivity index (χ3v) is 12.0. The van der Waals surface area contributed by atoms with Crippen LogP contribution in [0.4, 0.5) is 0 Å². The second-order valence-electron chi connectivity index (χ2n) is 16.0. The minimum Gasteiger partial charge on any atom is -0.480 e. The van der Waals surface area contributed by atoms with E-state index in [4.69, 9.17) is 22.9 Å². The van der Waals surface area contributed by atoms with Gasteiger partial charge in [0.25, 0.3) is 0 Å². The summed E-state index contributed by atoms with van der Waals surface area (Å²) in [5.74, 6) is -7.17. The number of hydrogen-bond donors (Lipinski definition) is 10. The Morgan fingerprint density at radius 2 is 1.17 bits per heavy atom. The highest BCUT2D eigenvalue weighted by Gasteiger charge is 2.47. The largest absolute Gasteiger partial charge is 0.480 e. The molecule has 0 aromatic carbocycles. The first-order chi connectivity index (χ1) is 30.0. The van der Waals surface area contributed by atoms with Crippen LogP contribution in [0.2, 0.25) is 0 Å². The number of carbonyl (C=O) groups excluding carboxylic acids is 9. The van der Waals surface area contributed by atoms with Crippen molar-refractivity contribution in [2.45, 2.75) is 119 Å². The van der Waals surface area contributed by atoms with Crippen molar-refractivity contribution in [3.8, 4) is 0 Å². The van der Waals surface area contributed by atoms with Crippen LogP contribution in [-0.4, -0.2) is 184 Å². The van der Waals surface area contributed by atoms with Crippen molar-refractivity contribution in [1.82, 2.24) is 40.9 Å². The van der Waals surface area contributed by atoms with Crippen LogP contribution in [0.1, 0.15) is 77.0 Å². The van der Waals surface area contributed by atoms with Crippen molar-refractivity contribution in [3.05, 3.63) is 0 Å². The van der Waals surface area contributed by atoms with Crippen LogP contribution in [0.25, 0.3) is 0 Å². The van der Waals surface area contributed by atoms with Gasteiger partial charge in [-0.05, 0) is 70.6 Å². The van der Waals surface area contributed by atoms with E-state index in [1.165, 1.54) is 19.6 Å². The summed E-state index contributed by atoms with van der Waals surface area (Å²) in [5.41, 5.74) is 21.7. The van der Waals surface area contributed by atoms with E-state index >= 15 is 0 Å². The minimum absolute atomic E-state index is 0.0304. The van der Waals surface area contributed by atoms with Crippen molar-refractivity contribution in [2.24, 2.45) is 27.9 Å². The maximum Gasteiger partial charge on any atom is 0.327 e. The molecule has 4 aliphatic heterocycles. The van der Waals surface area contributed by atoms with Gasteiger partial charge >= 0.3 is 5.97 Å². The van der Waals surface area contributed by atoms with E-state index in [9.17, 15) is 53.1 Å². The van der Waals surface area contributed by atoms with Gasteiger partial charge in [-0.15, -0.1) is 0 Å². The number of carboxylic acid groups (broad SMARTS) is 1. The van der Waals surface area contributed by atoms with E-state index in [1.54, 1.807) is 0 Å². The van der Waals surface area contributed by atoms with Crippen LogP contribution in [0.15, 0.2) is 4.99 Å². The van der Waals surface area contributed by atoms with Crippen LogP contribution in [-0.2, 0) is 47.9 Å². The molecule has 0 saturated carbocycles. The number of nitrogens with zero attached hydrogens (tertiary/aromatic N) is 5. The number of carbonyl (C=O) groups is 10. The summed E-state index contributed by atoms with van der Waals surface area (Å²) in [6.07, 6.45) is 2.98. The highest BCUT2D eigenvalue weighted by Crippen LogP contribution is 2.29. The molecule has 0 aromatic heterocycles. The Balaban J connectivity index is 1.43. The normalized spacial score (nSPS) is 22.1. The third-order valence-electron chi connectivity index (χ3n) is 11.6. The smallest absolute Gasteiger partial charge is 0.327 e. The fourth-order valence-corrected chi connectivity index (χ4v) is 8.74. The summed E-state index contributed by atoms with van der Waals surface area (Å²) in [4.78, 5) is 140. The molecule has 7 atom stereocenters. The summed E-state index contributed by atoms with van der Waals surface area (Å²) < 4.78 is 0. The Bertz CT molecular complexity index is 1780. The second kappa shape index (κ2) is 23.6. The van der Waals surface area contributed by atoms with Crippen molar-refractivity contribution in [1.29, 1.82) is 0 Å². The molecule has 4 rings (SSSR count). The van der Waals surface area contributed by atoms with Gasteiger partial charge in [0.05, 0.1) is 13.1 Å². The molecule has 0 radical (unpaired) electrons. The van der Waals surface area contributed by atoms with E-state index in [0.717, 1.165) is 0 Å². The summed E-state index contributed by atoms with van der Waals surface area (Å²) in [6.45, 7) is 0.0834. The minimum atomic E-state index is -1.31. The molecule has 24 nitrogen and oxygen atoms in total. The van der Waals surface area contributed by atoms with Crippen molar-refractivity contribution >= 4 is 77.7 Å². The van der Waals surface area contributed by atoms with Crippen LogP contribution in [0, 0.1) is 0 Å². The first kappa shape index (κ1) is 49.9. The van der Waals surface area contributed by atoms with Crippen LogP contribution in [0.5, 0.6) is 0 Å². The number of aliphatic imine (C=N–C) groups is 1. The van der Waals surface area contributed by atoms with Crippen LogP contribution in [0.3, 0.4) is 0 Å². The molecule has 0 spiro atoms. The summed E-state index contributed by atoms with van der Waals surface area (Å²) in [6, 6.07) is -7.45. The standard InChI is InChI=1S/C38H61N13O11S/c39-18-30(54)48-14-2-7-24(48)32(56)46-21(11-12-28(40)52)31(55)44-19-29(53)45-22(6-1-13-43-38(41)42)34(58)50-16-4-9-26(50)36(60)51-17-5-10-27(51)35(59)49-15-3-8-25(49)33(57)47-23(20-63)37(61)62/h21-27,63H,1-20,39H2,(H2,40,52)(H,44,55)(H,45,53)(H,46,56)(H,47,57)(H,61,62)(H4,41,42,43). The number of aliphatic carboxylic acids is 1. The second-order valence-corrected chi connectivity index (χ2v) is 16.3. The molecular formula is C38H61N13O11S. The molecule has 4 fully saturated rings. The van der Waals surface area contributed by atoms with E-state index < -0.39 is 108 Å². The number of carboxylic acids is 1. The molecule has 4 heterocycles. The highest BCUT2D eigenvalue weighted by molar-refractivity contribution is 7.80. The van der Waals surface area contributed by atoms with Crippen LogP contribution < -0.4 is 44.2 Å². The topological polar surface area (TPSA) is 368 Å². The number of thiol groups is 1. The molecule has 7 unspecified atom stereocenters. The monoisotopic (exact) mass is 907 g/mol. The lowest BCUT2D eigenvalue weighted by Gasteiger charge is -2.35. The fraction of sp³-hybridized carbons (Fsp3) is 0.711. The summed E-state index contributed by atoms with van der Waals surface area (Å²) >= 11 is 3.99. The molecule has 0 aliphatic carbocycles. The van der Waals surface area contributed by atoms with Gasteiger partial charge in [0.15, 0.2) is 5.96 Å². The van der Waals surface area contributed by atoms with Gasteiger partial charge in [0, 0.05) is 44.9 Å². The number of nitrogens with one attached hydrogen (secondary N) is 4. The number of hydrogen-bond acceptors (Lipinski definition) is 13. The number of rotatable bonds is 21. The SMILES string of the molecule is NCC(=O)N1CCCC1C(=O)NC(CCC(N)=O)C(=O)NCC(=O)NC(CCCN=C(N)N)C(=O)N1CCCC1C(=O)N1CCCC1C(=O)N1CCCC1C(=O)NC(CS)C(=O)O. The Morgan fingerprint density at radius 1 is 0.667 bits per heavy atom. The lowest BCUT2D eigenvalue weighted by atomic mass is 10.1. The average Bonchev–Trinajstić information content (AvgIpc) is 4.10. The van der Waals surface area contributed by atoms with Gasteiger partial charge in [0.1, 0.15) is 42.3 Å². The van der Waals surface area contributed by atoms with Gasteiger partial charge in [0.2, 0.25) is 53.2 Å². The summed E-state index contributed by atoms with van der Waals surface area (Å²) in [5, 5.41) is 19.4. The van der Waals surface area contributed by atoms with Gasteiger partial charge in [-0.25, -0.2) is 4.79 Å². The first-order valence-electron chi connectivity index (χ1n) is 21.2. The molecule has 9 amide bonds. The van der Waals surface area contributed by atoms with Crippen molar-refractivity contribution in [2.75, 3.05) is 51.6 Å². The quantitative estimate of drug-likeness (QED) is 0.0223. The highest BCUT2D eigenvalue weighted by atomic mass is 32.1. The molecule has 4 aliphatic rings. The number of likely N-dealkylation sites (tertiary alicyclic amines) is 4. The van der Waals surface area contributed by atoms with Crippen molar-refractivity contribution < 1.29 is 53.1 Å². The molecule has 0 bridgehead atoms. The predicted octanol–water partition coefficient (Wildman–Crippen LogP) is -5.19. The predicted molar refractivity (Wildman–Crippen MR) is 227 cm³/mol.